The summed E-state index contributed by atoms with van der Waals surface area (Å²) in [5.41, 5.74) is 3.12. The van der Waals surface area contributed by atoms with E-state index in [0.717, 1.165) is 11.3 Å². The Morgan fingerprint density at radius 3 is 2.00 bits per heavy atom. The molecule has 0 saturated carbocycles. The van der Waals surface area contributed by atoms with Crippen molar-refractivity contribution in [2.24, 2.45) is 0 Å². The van der Waals surface area contributed by atoms with Crippen LogP contribution in [0.2, 0.25) is 0 Å². The van der Waals surface area contributed by atoms with E-state index in [2.05, 4.69) is 16.1 Å². The number of sulfonamides is 1. The van der Waals surface area contributed by atoms with Crippen LogP contribution in [0.15, 0.2) is 48.5 Å². The van der Waals surface area contributed by atoms with Crippen molar-refractivity contribution in [3.63, 3.8) is 0 Å². The average Bonchev–Trinajstić information content (AvgIpc) is 2.53. The molecule has 5 nitrogen and oxygen atoms in total. The summed E-state index contributed by atoms with van der Waals surface area (Å²) in [4.78, 5) is 0. The number of hydrogen-bond donors (Lipinski definition) is 2. The minimum atomic E-state index is -3.42. The zero-order valence-corrected chi connectivity index (χ0v) is 14.8. The minimum Gasteiger partial charge on any atom is -0.381 e. The Morgan fingerprint density at radius 1 is 0.958 bits per heavy atom. The fourth-order valence-corrected chi connectivity index (χ4v) is 2.62. The van der Waals surface area contributed by atoms with Crippen LogP contribution >= 0.6 is 0 Å². The summed E-state index contributed by atoms with van der Waals surface area (Å²) in [6.07, 6.45) is 0. The summed E-state index contributed by atoms with van der Waals surface area (Å²) in [7, 11) is -3.42. The predicted molar refractivity (Wildman–Crippen MR) is 97.2 cm³/mol. The molecule has 2 rings (SSSR count). The van der Waals surface area contributed by atoms with Crippen molar-refractivity contribution in [3.05, 3.63) is 59.7 Å². The Bertz CT molecular complexity index is 828. The molecule has 24 heavy (non-hydrogen) atoms. The Kier molecular flexibility index (Phi) is 5.15. The number of benzene rings is 2. The van der Waals surface area contributed by atoms with Crippen molar-refractivity contribution in [2.45, 2.75) is 32.1 Å². The van der Waals surface area contributed by atoms with Gasteiger partial charge in [-0.3, -0.25) is 4.72 Å². The van der Waals surface area contributed by atoms with E-state index >= 15 is 0 Å². The second-order valence-electron chi connectivity index (χ2n) is 6.46. The molecular weight excluding hydrogens is 322 g/mol. The van der Waals surface area contributed by atoms with Gasteiger partial charge in [0.15, 0.2) is 0 Å². The smallest absolute Gasteiger partial charge is 0.237 e. The molecule has 2 aromatic rings. The highest BCUT2D eigenvalue weighted by atomic mass is 32.2. The van der Waals surface area contributed by atoms with Gasteiger partial charge < -0.3 is 5.32 Å². The molecule has 2 aromatic carbocycles. The topological polar surface area (TPSA) is 82.0 Å². The van der Waals surface area contributed by atoms with Gasteiger partial charge in [0.05, 0.1) is 16.4 Å². The molecule has 0 fully saturated rings. The molecular formula is C18H21N3O2S. The predicted octanol–water partition coefficient (Wildman–Crippen LogP) is 3.71. The van der Waals surface area contributed by atoms with Crippen LogP contribution in [0, 0.1) is 11.3 Å². The van der Waals surface area contributed by atoms with Crippen molar-refractivity contribution in [1.29, 1.82) is 5.26 Å². The zero-order valence-electron chi connectivity index (χ0n) is 14.0. The molecule has 0 amide bonds. The average molecular weight is 343 g/mol. The normalized spacial score (nSPS) is 11.6. The van der Waals surface area contributed by atoms with Crippen LogP contribution in [0.5, 0.6) is 0 Å². The van der Waals surface area contributed by atoms with Gasteiger partial charge in [0.25, 0.3) is 0 Å². The molecule has 0 saturated heterocycles. The largest absolute Gasteiger partial charge is 0.381 e. The Balaban J connectivity index is 1.98. The van der Waals surface area contributed by atoms with E-state index in [0.29, 0.717) is 17.8 Å². The van der Waals surface area contributed by atoms with Gasteiger partial charge >= 0.3 is 0 Å². The van der Waals surface area contributed by atoms with Gasteiger partial charge in [-0.25, -0.2) is 8.42 Å². The third-order valence-corrected chi connectivity index (χ3v) is 5.64. The van der Waals surface area contributed by atoms with Crippen LogP contribution < -0.4 is 10.0 Å². The van der Waals surface area contributed by atoms with E-state index < -0.39 is 14.8 Å². The second kappa shape index (κ2) is 6.93. The van der Waals surface area contributed by atoms with Gasteiger partial charge in [0, 0.05) is 17.9 Å². The molecule has 0 atom stereocenters. The quantitative estimate of drug-likeness (QED) is 0.867. The molecule has 0 aromatic heterocycles. The summed E-state index contributed by atoms with van der Waals surface area (Å²) in [5.74, 6) is 0. The van der Waals surface area contributed by atoms with Gasteiger partial charge in [-0.05, 0) is 62.7 Å². The molecule has 2 N–H and O–H groups in total. The van der Waals surface area contributed by atoms with Crippen molar-refractivity contribution >= 4 is 21.4 Å². The minimum absolute atomic E-state index is 0.548. The van der Waals surface area contributed by atoms with Crippen LogP contribution in [0.1, 0.15) is 31.9 Å². The molecule has 0 unspecified atom stereocenters. The van der Waals surface area contributed by atoms with Crippen LogP contribution in [0.3, 0.4) is 0 Å². The lowest BCUT2D eigenvalue weighted by Crippen LogP contribution is -2.33. The molecule has 0 heterocycles. The molecule has 0 aliphatic heterocycles. The third-order valence-electron chi connectivity index (χ3n) is 3.52. The summed E-state index contributed by atoms with van der Waals surface area (Å²) in [6.45, 7) is 5.58. The number of rotatable bonds is 5. The summed E-state index contributed by atoms with van der Waals surface area (Å²) < 4.78 is 26.0. The maximum Gasteiger partial charge on any atom is 0.237 e. The summed E-state index contributed by atoms with van der Waals surface area (Å²) in [5, 5.41) is 12.0. The van der Waals surface area contributed by atoms with Crippen LogP contribution in [0.25, 0.3) is 0 Å². The molecule has 0 aliphatic carbocycles. The molecule has 0 aliphatic rings. The summed E-state index contributed by atoms with van der Waals surface area (Å²) in [6, 6.07) is 16.5. The zero-order chi connectivity index (χ0) is 17.8. The summed E-state index contributed by atoms with van der Waals surface area (Å²) >= 11 is 0. The van der Waals surface area contributed by atoms with Gasteiger partial charge in [-0.2, -0.15) is 5.26 Å². The van der Waals surface area contributed by atoms with Gasteiger partial charge in [0.2, 0.25) is 10.0 Å². The van der Waals surface area contributed by atoms with E-state index in [-0.39, 0.29) is 0 Å². The molecule has 6 heteroatoms. The monoisotopic (exact) mass is 343 g/mol. The number of nitrogens with zero attached hydrogens (tertiary/aromatic N) is 1. The van der Waals surface area contributed by atoms with Crippen LogP contribution in [-0.2, 0) is 16.6 Å². The molecule has 0 radical (unpaired) electrons. The maximum atomic E-state index is 12.1. The van der Waals surface area contributed by atoms with Gasteiger partial charge in [-0.1, -0.05) is 12.1 Å². The highest BCUT2D eigenvalue weighted by Crippen LogP contribution is 2.20. The second-order valence-corrected chi connectivity index (χ2v) is 8.89. The number of nitrogens with one attached hydrogen (secondary N) is 2. The van der Waals surface area contributed by atoms with E-state index in [1.807, 2.05) is 24.3 Å². The first kappa shape index (κ1) is 17.8. The van der Waals surface area contributed by atoms with Gasteiger partial charge in [-0.15, -0.1) is 0 Å². The Hall–Kier alpha value is -2.52. The molecule has 0 spiro atoms. The van der Waals surface area contributed by atoms with E-state index in [1.165, 1.54) is 0 Å². The first-order valence-electron chi connectivity index (χ1n) is 7.57. The number of anilines is 2. The third kappa shape index (κ3) is 4.49. The van der Waals surface area contributed by atoms with E-state index in [1.54, 1.807) is 45.0 Å². The maximum absolute atomic E-state index is 12.1. The van der Waals surface area contributed by atoms with Crippen molar-refractivity contribution < 1.29 is 8.42 Å². The fraction of sp³-hybridized carbons (Fsp3) is 0.278. The first-order valence-corrected chi connectivity index (χ1v) is 9.05. The molecule has 126 valence electrons. The highest BCUT2D eigenvalue weighted by molar-refractivity contribution is 7.94. The van der Waals surface area contributed by atoms with Crippen molar-refractivity contribution in [3.8, 4) is 6.07 Å². The fourth-order valence-electron chi connectivity index (χ4n) is 1.87. The standard InChI is InChI=1S/C18H21N3O2S/c1-18(2,3)24(22,23)21-17-10-6-15(7-11-17)13-20-16-8-4-14(12-19)5-9-16/h4-11,20-21H,13H2,1-3H3. The lowest BCUT2D eigenvalue weighted by molar-refractivity contribution is 0.566. The lowest BCUT2D eigenvalue weighted by Gasteiger charge is -2.20. The molecule has 0 bridgehead atoms. The number of hydrogen-bond acceptors (Lipinski definition) is 4. The van der Waals surface area contributed by atoms with E-state index in [9.17, 15) is 8.42 Å². The van der Waals surface area contributed by atoms with Crippen LogP contribution in [-0.4, -0.2) is 13.2 Å². The Morgan fingerprint density at radius 2 is 1.50 bits per heavy atom. The van der Waals surface area contributed by atoms with Gasteiger partial charge in [0.1, 0.15) is 0 Å². The highest BCUT2D eigenvalue weighted by Gasteiger charge is 2.28. The van der Waals surface area contributed by atoms with Crippen molar-refractivity contribution in [2.75, 3.05) is 10.0 Å². The SMILES string of the molecule is CC(C)(C)S(=O)(=O)Nc1ccc(CNc2ccc(C#N)cc2)cc1. The lowest BCUT2D eigenvalue weighted by atomic mass is 10.2. The van der Waals surface area contributed by atoms with E-state index in [4.69, 9.17) is 5.26 Å². The van der Waals surface area contributed by atoms with Crippen molar-refractivity contribution in [1.82, 2.24) is 0 Å². The van der Waals surface area contributed by atoms with Crippen LogP contribution in [0.4, 0.5) is 11.4 Å². The number of nitriles is 1. The Labute approximate surface area is 143 Å². The first-order chi connectivity index (χ1) is 11.2.